The van der Waals surface area contributed by atoms with Crippen LogP contribution in [0.2, 0.25) is 0 Å². The predicted molar refractivity (Wildman–Crippen MR) is 121 cm³/mol. The molecule has 2 nitrogen and oxygen atoms in total. The molecule has 1 aromatic carbocycles. The van der Waals surface area contributed by atoms with Gasteiger partial charge in [-0.25, -0.2) is 4.39 Å². The van der Waals surface area contributed by atoms with Gasteiger partial charge in [-0.1, -0.05) is 64.7 Å². The number of hydrogen-bond acceptors (Lipinski definition) is 2. The van der Waals surface area contributed by atoms with E-state index >= 15 is 0 Å². The molecule has 3 saturated carbocycles. The quantitative estimate of drug-likeness (QED) is 0.304. The van der Waals surface area contributed by atoms with Crippen LogP contribution in [-0.4, -0.2) is 6.61 Å². The Morgan fingerprint density at radius 3 is 2.00 bits per heavy atom. The molecular weight excluding hydrogens is 373 g/mol. The molecule has 0 aromatic heterocycles. The van der Waals surface area contributed by atoms with E-state index in [-0.39, 0.29) is 11.0 Å². The molecule has 3 heteroatoms. The maximum atomic E-state index is 13.8. The molecule has 0 amide bonds. The summed E-state index contributed by atoms with van der Waals surface area (Å²) in [6, 6.07) is 6.46. The summed E-state index contributed by atoms with van der Waals surface area (Å²) in [6.45, 7) is 2.97. The zero-order valence-electron chi connectivity index (χ0n) is 19.0. The van der Waals surface area contributed by atoms with Gasteiger partial charge in [0.05, 0.1) is 12.2 Å². The van der Waals surface area contributed by atoms with E-state index in [0.717, 1.165) is 0 Å². The zero-order chi connectivity index (χ0) is 21.3. The van der Waals surface area contributed by atoms with Crippen molar-refractivity contribution in [2.24, 2.45) is 10.8 Å². The lowest BCUT2D eigenvalue weighted by molar-refractivity contribution is -0.0410. The van der Waals surface area contributed by atoms with Crippen molar-refractivity contribution in [1.29, 1.82) is 5.26 Å². The van der Waals surface area contributed by atoms with Gasteiger partial charge in [0, 0.05) is 11.5 Å². The number of ether oxygens (including phenoxy) is 1. The lowest BCUT2D eigenvalue weighted by Crippen LogP contribution is -2.44. The maximum absolute atomic E-state index is 13.8. The van der Waals surface area contributed by atoms with Crippen LogP contribution in [0.3, 0.4) is 0 Å². The number of rotatable bonds is 13. The minimum atomic E-state index is -0.486. The molecule has 166 valence electrons. The van der Waals surface area contributed by atoms with Gasteiger partial charge in [-0.05, 0) is 62.5 Å². The third-order valence-corrected chi connectivity index (χ3v) is 7.97. The topological polar surface area (TPSA) is 33.0 Å². The molecule has 0 heterocycles. The minimum absolute atomic E-state index is 0.0807. The number of nitriles is 1. The van der Waals surface area contributed by atoms with Gasteiger partial charge in [0.1, 0.15) is 17.6 Å². The van der Waals surface area contributed by atoms with Crippen molar-refractivity contribution in [2.45, 2.75) is 110 Å². The van der Waals surface area contributed by atoms with E-state index in [2.05, 4.69) is 6.92 Å². The second-order valence-electron chi connectivity index (χ2n) is 10.1. The fourth-order valence-corrected chi connectivity index (χ4v) is 5.66. The normalized spacial score (nSPS) is 25.2. The van der Waals surface area contributed by atoms with E-state index in [4.69, 9.17) is 10.00 Å². The molecule has 0 N–H and O–H groups in total. The van der Waals surface area contributed by atoms with Crippen LogP contribution < -0.4 is 4.74 Å². The number of fused-ring (bicyclic) bond motifs is 3. The van der Waals surface area contributed by atoms with Crippen molar-refractivity contribution in [1.82, 2.24) is 0 Å². The number of nitrogens with zero attached hydrogens (tertiary/aromatic N) is 1. The van der Waals surface area contributed by atoms with Crippen molar-refractivity contribution < 1.29 is 9.13 Å². The third kappa shape index (κ3) is 6.22. The smallest absolute Gasteiger partial charge is 0.144 e. The Morgan fingerprint density at radius 2 is 1.43 bits per heavy atom. The average molecular weight is 414 g/mol. The predicted octanol–water partition coefficient (Wildman–Crippen LogP) is 8.34. The van der Waals surface area contributed by atoms with Crippen LogP contribution >= 0.6 is 0 Å². The fourth-order valence-electron chi connectivity index (χ4n) is 5.66. The highest BCUT2D eigenvalue weighted by Gasteiger charge is 2.48. The monoisotopic (exact) mass is 413 g/mol. The molecule has 0 radical (unpaired) electrons. The number of unbranched alkanes of at least 4 members (excludes halogenated alkanes) is 8. The third-order valence-electron chi connectivity index (χ3n) is 7.97. The average Bonchev–Trinajstić information content (AvgIpc) is 2.78. The summed E-state index contributed by atoms with van der Waals surface area (Å²) < 4.78 is 19.8. The Morgan fingerprint density at radius 1 is 0.867 bits per heavy atom. The molecule has 0 unspecified atom stereocenters. The first-order valence-corrected chi connectivity index (χ1v) is 12.4. The highest BCUT2D eigenvalue weighted by atomic mass is 19.1. The van der Waals surface area contributed by atoms with Gasteiger partial charge in [-0.15, -0.1) is 0 Å². The largest absolute Gasteiger partial charge is 0.493 e. The van der Waals surface area contributed by atoms with Gasteiger partial charge in [-0.3, -0.25) is 0 Å². The molecule has 3 aliphatic rings. The van der Waals surface area contributed by atoms with E-state index in [1.165, 1.54) is 115 Å². The first-order valence-electron chi connectivity index (χ1n) is 12.4. The summed E-state index contributed by atoms with van der Waals surface area (Å²) in [4.78, 5) is 0. The van der Waals surface area contributed by atoms with Gasteiger partial charge in [0.2, 0.25) is 0 Å². The van der Waals surface area contributed by atoms with Crippen molar-refractivity contribution in [3.05, 3.63) is 29.6 Å². The molecule has 30 heavy (non-hydrogen) atoms. The molecule has 1 aromatic rings. The molecule has 0 saturated heterocycles. The molecule has 2 bridgehead atoms. The van der Waals surface area contributed by atoms with E-state index in [9.17, 15) is 4.39 Å². The first-order chi connectivity index (χ1) is 14.6. The van der Waals surface area contributed by atoms with Crippen molar-refractivity contribution >= 4 is 0 Å². The highest BCUT2D eigenvalue weighted by molar-refractivity contribution is 5.36. The van der Waals surface area contributed by atoms with Crippen molar-refractivity contribution in [3.63, 3.8) is 0 Å². The summed E-state index contributed by atoms with van der Waals surface area (Å²) in [5.41, 5.74) is 0.964. The van der Waals surface area contributed by atoms with E-state index < -0.39 is 5.82 Å². The Hall–Kier alpha value is -1.56. The Bertz CT molecular complexity index is 683. The Labute approximate surface area is 183 Å². The Kier molecular flexibility index (Phi) is 8.61. The maximum Gasteiger partial charge on any atom is 0.144 e. The van der Waals surface area contributed by atoms with Crippen LogP contribution in [0.1, 0.15) is 115 Å². The summed E-state index contributed by atoms with van der Waals surface area (Å²) in [5.74, 6) is 0.0674. The summed E-state index contributed by atoms with van der Waals surface area (Å²) in [5, 5.41) is 8.86. The Balaban J connectivity index is 1.34. The van der Waals surface area contributed by atoms with Crippen LogP contribution in [0.15, 0.2) is 18.2 Å². The van der Waals surface area contributed by atoms with E-state index in [0.29, 0.717) is 17.8 Å². The van der Waals surface area contributed by atoms with Gasteiger partial charge in [0.25, 0.3) is 0 Å². The van der Waals surface area contributed by atoms with Crippen LogP contribution in [0.5, 0.6) is 5.75 Å². The number of hydrogen-bond donors (Lipinski definition) is 0. The second-order valence-corrected chi connectivity index (χ2v) is 10.1. The molecule has 0 atom stereocenters. The van der Waals surface area contributed by atoms with Gasteiger partial charge >= 0.3 is 0 Å². The number of halogens is 1. The molecule has 0 aliphatic heterocycles. The SMILES string of the molecule is CCCCCCCCCCCC12CCC(COc3ccc(C#N)c(F)c3)(CC1)CC2. The minimum Gasteiger partial charge on any atom is -0.493 e. The van der Waals surface area contributed by atoms with Crippen LogP contribution in [0.4, 0.5) is 4.39 Å². The summed E-state index contributed by atoms with van der Waals surface area (Å²) >= 11 is 0. The highest BCUT2D eigenvalue weighted by Crippen LogP contribution is 2.58. The standard InChI is InChI=1S/C27H40FNO/c1-2-3-4-5-6-7-8-9-10-13-26-14-17-27(18-15-26,19-16-26)22-30-24-12-11-23(21-29)25(28)20-24/h11-12,20H,2-10,13-19,22H2,1H3. The zero-order valence-corrected chi connectivity index (χ0v) is 19.0. The molecule has 3 aliphatic carbocycles. The first kappa shape index (κ1) is 23.1. The number of benzene rings is 1. The van der Waals surface area contributed by atoms with Gasteiger partial charge < -0.3 is 4.74 Å². The molecule has 0 spiro atoms. The molecular formula is C27H40FNO. The molecule has 3 fully saturated rings. The van der Waals surface area contributed by atoms with Crippen LogP contribution in [-0.2, 0) is 0 Å². The lowest BCUT2D eigenvalue weighted by atomic mass is 9.53. The van der Waals surface area contributed by atoms with Crippen LogP contribution in [0, 0.1) is 28.0 Å². The molecule has 4 rings (SSSR count). The van der Waals surface area contributed by atoms with Crippen LogP contribution in [0.25, 0.3) is 0 Å². The second kappa shape index (κ2) is 11.2. The van der Waals surface area contributed by atoms with E-state index in [1.54, 1.807) is 6.07 Å². The van der Waals surface area contributed by atoms with E-state index in [1.807, 2.05) is 6.07 Å². The van der Waals surface area contributed by atoms with Gasteiger partial charge in [0.15, 0.2) is 0 Å². The van der Waals surface area contributed by atoms with Crippen molar-refractivity contribution in [2.75, 3.05) is 6.61 Å². The van der Waals surface area contributed by atoms with Gasteiger partial charge in [-0.2, -0.15) is 5.26 Å². The summed E-state index contributed by atoms with van der Waals surface area (Å²) in [6.07, 6.45) is 21.9. The van der Waals surface area contributed by atoms with Crippen molar-refractivity contribution in [3.8, 4) is 11.8 Å². The summed E-state index contributed by atoms with van der Waals surface area (Å²) in [7, 11) is 0. The fraction of sp³-hybridized carbons (Fsp3) is 0.741. The lowest BCUT2D eigenvalue weighted by Gasteiger charge is -2.53.